The molecule has 0 radical (unpaired) electrons. The first-order valence-electron chi connectivity index (χ1n) is 6.29. The van der Waals surface area contributed by atoms with Gasteiger partial charge in [0.05, 0.1) is 5.69 Å². The lowest BCUT2D eigenvalue weighted by Crippen LogP contribution is -2.36. The SMILES string of the molecule is Cc1nn(C)c(Cl)c1/C=C/C(=O)N(CC(=O)O)C1CC1. The first kappa shape index (κ1) is 14.6. The third kappa shape index (κ3) is 3.19. The Bertz CT molecular complexity index is 576. The third-order valence-electron chi connectivity index (χ3n) is 3.17. The van der Waals surface area contributed by atoms with Gasteiger partial charge in [-0.15, -0.1) is 0 Å². The lowest BCUT2D eigenvalue weighted by atomic mass is 10.2. The van der Waals surface area contributed by atoms with Crippen LogP contribution in [0.1, 0.15) is 24.1 Å². The van der Waals surface area contributed by atoms with E-state index in [1.54, 1.807) is 20.0 Å². The number of carboxylic acids is 1. The van der Waals surface area contributed by atoms with Crippen LogP contribution in [-0.4, -0.2) is 44.3 Å². The predicted octanol–water partition coefficient (Wildman–Crippen LogP) is 1.47. The molecule has 1 aliphatic carbocycles. The second kappa shape index (κ2) is 5.66. The van der Waals surface area contributed by atoms with Gasteiger partial charge in [-0.1, -0.05) is 11.6 Å². The molecule has 0 bridgehead atoms. The molecule has 7 heteroatoms. The van der Waals surface area contributed by atoms with Crippen molar-refractivity contribution in [2.24, 2.45) is 7.05 Å². The van der Waals surface area contributed by atoms with Crippen molar-refractivity contribution in [3.63, 3.8) is 0 Å². The molecule has 20 heavy (non-hydrogen) atoms. The van der Waals surface area contributed by atoms with Crippen molar-refractivity contribution >= 4 is 29.6 Å². The predicted molar refractivity (Wildman–Crippen MR) is 74.4 cm³/mol. The number of hydrogen-bond acceptors (Lipinski definition) is 3. The average Bonchev–Trinajstić information content (AvgIpc) is 3.15. The second-order valence-electron chi connectivity index (χ2n) is 4.84. The monoisotopic (exact) mass is 297 g/mol. The van der Waals surface area contributed by atoms with Gasteiger partial charge in [-0.2, -0.15) is 5.10 Å². The zero-order chi connectivity index (χ0) is 14.9. The van der Waals surface area contributed by atoms with Crippen LogP contribution in [0.2, 0.25) is 5.15 Å². The summed E-state index contributed by atoms with van der Waals surface area (Å²) in [6.07, 6.45) is 4.67. The molecule has 1 aliphatic rings. The van der Waals surface area contributed by atoms with E-state index in [1.807, 2.05) is 0 Å². The van der Waals surface area contributed by atoms with Crippen molar-refractivity contribution in [3.8, 4) is 0 Å². The molecule has 0 unspecified atom stereocenters. The number of carboxylic acid groups (broad SMARTS) is 1. The summed E-state index contributed by atoms with van der Waals surface area (Å²) in [4.78, 5) is 24.2. The van der Waals surface area contributed by atoms with Crippen LogP contribution in [0.15, 0.2) is 6.08 Å². The van der Waals surface area contributed by atoms with Crippen LogP contribution in [0.5, 0.6) is 0 Å². The molecule has 1 aromatic heterocycles. The van der Waals surface area contributed by atoms with E-state index < -0.39 is 5.97 Å². The number of nitrogens with zero attached hydrogens (tertiary/aromatic N) is 3. The van der Waals surface area contributed by atoms with E-state index in [0.29, 0.717) is 10.7 Å². The van der Waals surface area contributed by atoms with Crippen molar-refractivity contribution in [3.05, 3.63) is 22.5 Å². The zero-order valence-electron chi connectivity index (χ0n) is 11.3. The highest BCUT2D eigenvalue weighted by Gasteiger charge is 2.32. The Hall–Kier alpha value is -1.82. The van der Waals surface area contributed by atoms with E-state index in [0.717, 1.165) is 18.5 Å². The highest BCUT2D eigenvalue weighted by molar-refractivity contribution is 6.31. The van der Waals surface area contributed by atoms with E-state index in [1.165, 1.54) is 15.7 Å². The molecular weight excluding hydrogens is 282 g/mol. The molecule has 0 aromatic carbocycles. The topological polar surface area (TPSA) is 75.4 Å². The summed E-state index contributed by atoms with van der Waals surface area (Å²) in [6, 6.07) is 0.0497. The summed E-state index contributed by atoms with van der Waals surface area (Å²) in [5.41, 5.74) is 1.39. The molecule has 1 saturated carbocycles. The number of rotatable bonds is 5. The van der Waals surface area contributed by atoms with Gasteiger partial charge in [0.1, 0.15) is 11.7 Å². The Morgan fingerprint density at radius 3 is 2.65 bits per heavy atom. The van der Waals surface area contributed by atoms with Gasteiger partial charge >= 0.3 is 5.97 Å². The summed E-state index contributed by atoms with van der Waals surface area (Å²) in [5, 5.41) is 13.4. The van der Waals surface area contributed by atoms with Gasteiger partial charge in [0.2, 0.25) is 5.91 Å². The molecule has 2 rings (SSSR count). The highest BCUT2D eigenvalue weighted by Crippen LogP contribution is 2.27. The maximum absolute atomic E-state index is 12.1. The molecule has 108 valence electrons. The molecule has 1 heterocycles. The van der Waals surface area contributed by atoms with Gasteiger partial charge in [-0.25, -0.2) is 0 Å². The minimum atomic E-state index is -1.01. The minimum Gasteiger partial charge on any atom is -0.480 e. The number of aryl methyl sites for hydroxylation is 2. The van der Waals surface area contributed by atoms with E-state index in [-0.39, 0.29) is 18.5 Å². The van der Waals surface area contributed by atoms with Crippen LogP contribution in [0.3, 0.4) is 0 Å². The van der Waals surface area contributed by atoms with E-state index >= 15 is 0 Å². The van der Waals surface area contributed by atoms with Crippen molar-refractivity contribution in [2.75, 3.05) is 6.54 Å². The van der Waals surface area contributed by atoms with Gasteiger partial charge < -0.3 is 10.0 Å². The molecule has 1 aromatic rings. The summed E-state index contributed by atoms with van der Waals surface area (Å²) >= 11 is 6.07. The fourth-order valence-corrected chi connectivity index (χ4v) is 2.24. The van der Waals surface area contributed by atoms with Gasteiger partial charge in [-0.05, 0) is 25.8 Å². The van der Waals surface area contributed by atoms with Crippen LogP contribution in [0.25, 0.3) is 6.08 Å². The molecule has 0 spiro atoms. The molecule has 0 aliphatic heterocycles. The Labute approximate surface area is 121 Å². The number of carbonyl (C=O) groups excluding carboxylic acids is 1. The lowest BCUT2D eigenvalue weighted by Gasteiger charge is -2.17. The Balaban J connectivity index is 2.12. The Kier molecular flexibility index (Phi) is 4.13. The minimum absolute atomic E-state index is 0.0497. The Morgan fingerprint density at radius 1 is 1.55 bits per heavy atom. The summed E-state index contributed by atoms with van der Waals surface area (Å²) in [5.74, 6) is -1.32. The number of hydrogen-bond donors (Lipinski definition) is 1. The number of aromatic nitrogens is 2. The molecule has 0 saturated heterocycles. The van der Waals surface area contributed by atoms with Crippen LogP contribution in [0.4, 0.5) is 0 Å². The normalized spacial score (nSPS) is 14.8. The summed E-state index contributed by atoms with van der Waals surface area (Å²) in [6.45, 7) is 1.53. The van der Waals surface area contributed by atoms with Gasteiger partial charge in [0.15, 0.2) is 0 Å². The first-order valence-corrected chi connectivity index (χ1v) is 6.67. The average molecular weight is 298 g/mol. The standard InChI is InChI=1S/C13H16ClN3O3/c1-8-10(13(14)16(2)15-8)5-6-11(18)17(7-12(19)20)9-3-4-9/h5-6,9H,3-4,7H2,1-2H3,(H,19,20)/b6-5+. The van der Waals surface area contributed by atoms with E-state index in [4.69, 9.17) is 16.7 Å². The number of aliphatic carboxylic acids is 1. The lowest BCUT2D eigenvalue weighted by molar-refractivity contribution is -0.143. The molecule has 0 atom stereocenters. The molecule has 1 amide bonds. The quantitative estimate of drug-likeness (QED) is 0.835. The smallest absolute Gasteiger partial charge is 0.323 e. The van der Waals surface area contributed by atoms with Crippen LogP contribution in [0, 0.1) is 6.92 Å². The van der Waals surface area contributed by atoms with Crippen molar-refractivity contribution in [1.29, 1.82) is 0 Å². The number of amides is 1. The molecular formula is C13H16ClN3O3. The van der Waals surface area contributed by atoms with Crippen LogP contribution in [-0.2, 0) is 16.6 Å². The van der Waals surface area contributed by atoms with E-state index in [9.17, 15) is 9.59 Å². The van der Waals surface area contributed by atoms with Crippen LogP contribution >= 0.6 is 11.6 Å². The van der Waals surface area contributed by atoms with Crippen molar-refractivity contribution < 1.29 is 14.7 Å². The maximum Gasteiger partial charge on any atom is 0.323 e. The van der Waals surface area contributed by atoms with Gasteiger partial charge in [-0.3, -0.25) is 14.3 Å². The zero-order valence-corrected chi connectivity index (χ0v) is 12.1. The van der Waals surface area contributed by atoms with Crippen molar-refractivity contribution in [1.82, 2.24) is 14.7 Å². The molecule has 1 N–H and O–H groups in total. The molecule has 6 nitrogen and oxygen atoms in total. The summed E-state index contributed by atoms with van der Waals surface area (Å²) in [7, 11) is 1.72. The third-order valence-corrected chi connectivity index (χ3v) is 3.61. The van der Waals surface area contributed by atoms with Gasteiger partial charge in [0.25, 0.3) is 0 Å². The first-order chi connectivity index (χ1) is 9.40. The van der Waals surface area contributed by atoms with Crippen LogP contribution < -0.4 is 0 Å². The number of carbonyl (C=O) groups is 2. The summed E-state index contributed by atoms with van der Waals surface area (Å²) < 4.78 is 1.52. The fraction of sp³-hybridized carbons (Fsp3) is 0.462. The van der Waals surface area contributed by atoms with E-state index in [2.05, 4.69) is 5.10 Å². The number of halogens is 1. The molecule has 1 fully saturated rings. The van der Waals surface area contributed by atoms with Crippen molar-refractivity contribution in [2.45, 2.75) is 25.8 Å². The largest absolute Gasteiger partial charge is 0.480 e. The Morgan fingerprint density at radius 2 is 2.20 bits per heavy atom. The fourth-order valence-electron chi connectivity index (χ4n) is 2.00. The highest BCUT2D eigenvalue weighted by atomic mass is 35.5. The maximum atomic E-state index is 12.1. The second-order valence-corrected chi connectivity index (χ2v) is 5.20. The van der Waals surface area contributed by atoms with Gasteiger partial charge in [0, 0.05) is 24.7 Å².